The molecule has 0 saturated heterocycles. The van der Waals surface area contributed by atoms with E-state index in [2.05, 4.69) is 75.5 Å². The Morgan fingerprint density at radius 3 is 0.898 bits per heavy atom. The van der Waals surface area contributed by atoms with E-state index in [1.54, 1.807) is 0 Å². The van der Waals surface area contributed by atoms with Gasteiger partial charge in [0.15, 0.2) is 0 Å². The van der Waals surface area contributed by atoms with E-state index in [0.29, 0.717) is 11.8 Å². The molecule has 0 saturated carbocycles. The van der Waals surface area contributed by atoms with Gasteiger partial charge < -0.3 is 19.8 Å². The van der Waals surface area contributed by atoms with Crippen molar-refractivity contribution in [3.8, 4) is 0 Å². The Balaban J connectivity index is 0.00000112. The SMILES string of the molecule is C=Cc1ccc(C(CCCCCCCCC)CCCCCCCCC(=O)[O-])cc1.C=Cc1ccc(C(CCCCCCCCC)CCCCCCCCC(=O)[O-])cc1.[Cd+2]. The maximum absolute atomic E-state index is 10.4. The van der Waals surface area contributed by atoms with Crippen LogP contribution < -0.4 is 10.2 Å². The zero-order chi connectivity index (χ0) is 42.3. The Morgan fingerprint density at radius 1 is 0.424 bits per heavy atom. The fourth-order valence-corrected chi connectivity index (χ4v) is 8.19. The van der Waals surface area contributed by atoms with E-state index in [9.17, 15) is 19.8 Å². The first-order valence-electron chi connectivity index (χ1n) is 24.2. The van der Waals surface area contributed by atoms with E-state index in [1.807, 2.05) is 12.2 Å². The Hall–Kier alpha value is -2.22. The third kappa shape index (κ3) is 33.1. The Kier molecular flexibility index (Phi) is 39.6. The number of aliphatic carboxylic acids is 2. The maximum Gasteiger partial charge on any atom is 2.00 e. The fraction of sp³-hybridized carbons (Fsp3) is 0.667. The summed E-state index contributed by atoms with van der Waals surface area (Å²) in [5.41, 5.74) is 5.35. The minimum absolute atomic E-state index is 0. The predicted octanol–water partition coefficient (Wildman–Crippen LogP) is 14.8. The van der Waals surface area contributed by atoms with E-state index < -0.39 is 11.9 Å². The van der Waals surface area contributed by atoms with Crippen LogP contribution in [-0.2, 0) is 36.9 Å². The molecule has 59 heavy (non-hydrogen) atoms. The molecule has 0 heterocycles. The molecule has 328 valence electrons. The van der Waals surface area contributed by atoms with Crippen molar-refractivity contribution < 1.29 is 47.1 Å². The number of carbonyl (C=O) groups is 2. The van der Waals surface area contributed by atoms with Gasteiger partial charge in [-0.3, -0.25) is 0 Å². The van der Waals surface area contributed by atoms with Crippen molar-refractivity contribution >= 4 is 24.1 Å². The van der Waals surface area contributed by atoms with Crippen LogP contribution in [0, 0.1) is 0 Å². The summed E-state index contributed by atoms with van der Waals surface area (Å²) in [5, 5.41) is 20.9. The fourth-order valence-electron chi connectivity index (χ4n) is 8.19. The summed E-state index contributed by atoms with van der Waals surface area (Å²) < 4.78 is 0. The van der Waals surface area contributed by atoms with Crippen LogP contribution in [0.1, 0.15) is 253 Å². The van der Waals surface area contributed by atoms with Gasteiger partial charge in [0.1, 0.15) is 0 Å². The van der Waals surface area contributed by atoms with Gasteiger partial charge in [-0.15, -0.1) is 0 Å². The molecule has 0 fully saturated rings. The van der Waals surface area contributed by atoms with Gasteiger partial charge in [-0.05, 0) is 85.5 Å². The zero-order valence-electron chi connectivity index (χ0n) is 38.3. The molecule has 2 unspecified atom stereocenters. The van der Waals surface area contributed by atoms with Crippen LogP contribution in [0.2, 0.25) is 0 Å². The second-order valence-electron chi connectivity index (χ2n) is 17.0. The van der Waals surface area contributed by atoms with Crippen molar-refractivity contribution in [1.29, 1.82) is 0 Å². The molecule has 2 aromatic carbocycles. The third-order valence-electron chi connectivity index (χ3n) is 12.0. The van der Waals surface area contributed by atoms with Crippen molar-refractivity contribution in [3.05, 3.63) is 83.9 Å². The van der Waals surface area contributed by atoms with Crippen LogP contribution in [0.15, 0.2) is 61.7 Å². The first kappa shape index (κ1) is 56.8. The summed E-state index contributed by atoms with van der Waals surface area (Å²) in [7, 11) is 0. The first-order chi connectivity index (χ1) is 28.3. The average Bonchev–Trinajstić information content (AvgIpc) is 3.23. The van der Waals surface area contributed by atoms with Crippen molar-refractivity contribution in [2.24, 2.45) is 0 Å². The molecule has 0 spiro atoms. The third-order valence-corrected chi connectivity index (χ3v) is 12.0. The van der Waals surface area contributed by atoms with E-state index in [4.69, 9.17) is 0 Å². The van der Waals surface area contributed by atoms with Gasteiger partial charge in [0.2, 0.25) is 0 Å². The zero-order valence-corrected chi connectivity index (χ0v) is 42.3. The summed E-state index contributed by atoms with van der Waals surface area (Å²) in [5.74, 6) is -0.494. The van der Waals surface area contributed by atoms with Gasteiger partial charge in [0, 0.05) is 11.9 Å². The summed E-state index contributed by atoms with van der Waals surface area (Å²) >= 11 is 0. The number of carboxylic acid groups (broad SMARTS) is 2. The molecule has 0 aliphatic rings. The number of hydrogen-bond acceptors (Lipinski definition) is 4. The Morgan fingerprint density at radius 2 is 0.661 bits per heavy atom. The van der Waals surface area contributed by atoms with Crippen LogP contribution in [0.3, 0.4) is 0 Å². The van der Waals surface area contributed by atoms with Crippen molar-refractivity contribution in [3.63, 3.8) is 0 Å². The van der Waals surface area contributed by atoms with Gasteiger partial charge in [0.25, 0.3) is 0 Å². The number of hydrogen-bond donors (Lipinski definition) is 0. The van der Waals surface area contributed by atoms with Gasteiger partial charge in [-0.25, -0.2) is 0 Å². The summed E-state index contributed by atoms with van der Waals surface area (Å²) in [6.45, 7) is 12.3. The molecular formula is C54H86CdO4. The molecule has 0 N–H and O–H groups in total. The normalized spacial score (nSPS) is 11.8. The minimum atomic E-state index is -0.916. The number of unbranched alkanes of at least 4 members (excludes halogenated alkanes) is 22. The van der Waals surface area contributed by atoms with Crippen molar-refractivity contribution in [1.82, 2.24) is 0 Å². The molecule has 0 radical (unpaired) electrons. The number of rotatable bonds is 38. The van der Waals surface area contributed by atoms with Crippen LogP contribution in [0.4, 0.5) is 0 Å². The van der Waals surface area contributed by atoms with Crippen LogP contribution >= 0.6 is 0 Å². The molecule has 4 nitrogen and oxygen atoms in total. The quantitative estimate of drug-likeness (QED) is 0.0496. The van der Waals surface area contributed by atoms with Crippen LogP contribution in [-0.4, -0.2) is 11.9 Å². The molecule has 2 rings (SSSR count). The van der Waals surface area contributed by atoms with E-state index in [-0.39, 0.29) is 40.1 Å². The van der Waals surface area contributed by atoms with Crippen LogP contribution in [0.5, 0.6) is 0 Å². The van der Waals surface area contributed by atoms with Gasteiger partial charge in [-0.1, -0.05) is 242 Å². The Labute approximate surface area is 384 Å². The second kappa shape index (κ2) is 41.2. The first-order valence-corrected chi connectivity index (χ1v) is 24.2. The van der Waals surface area contributed by atoms with Gasteiger partial charge >= 0.3 is 27.3 Å². The van der Waals surface area contributed by atoms with Gasteiger partial charge in [-0.2, -0.15) is 0 Å². The maximum atomic E-state index is 10.4. The van der Waals surface area contributed by atoms with E-state index >= 15 is 0 Å². The molecule has 0 amide bonds. The molecule has 0 aliphatic heterocycles. The number of carboxylic acids is 2. The monoisotopic (exact) mass is 913 g/mol. The number of carbonyl (C=O) groups excluding carboxylic acids is 2. The summed E-state index contributed by atoms with van der Waals surface area (Å²) in [6, 6.07) is 17.9. The largest absolute Gasteiger partial charge is 2.00 e. The van der Waals surface area contributed by atoms with Crippen molar-refractivity contribution in [2.45, 2.75) is 231 Å². The second-order valence-corrected chi connectivity index (χ2v) is 17.0. The van der Waals surface area contributed by atoms with Crippen molar-refractivity contribution in [2.75, 3.05) is 0 Å². The smallest absolute Gasteiger partial charge is 0.550 e. The molecule has 0 aromatic heterocycles. The molecule has 2 atom stereocenters. The van der Waals surface area contributed by atoms with E-state index in [1.165, 1.54) is 176 Å². The van der Waals surface area contributed by atoms with E-state index in [0.717, 1.165) is 38.5 Å². The molecule has 5 heteroatoms. The minimum Gasteiger partial charge on any atom is -0.550 e. The molecule has 2 aromatic rings. The molecular weight excluding hydrogens is 825 g/mol. The van der Waals surface area contributed by atoms with Gasteiger partial charge in [0.05, 0.1) is 0 Å². The standard InChI is InChI=1S/2C27H44O2.Cd/c2*1-3-5-6-7-8-11-14-17-25(26-22-20-24(4-2)21-23-26)18-15-12-9-10-13-16-19-27(28)29;/h2*4,20-23,25H,2-3,5-19H2,1H3,(H,28,29);/q;;+2/p-2. The average molecular weight is 912 g/mol. The Bertz CT molecular complexity index is 1170. The summed E-state index contributed by atoms with van der Waals surface area (Å²) in [6.07, 6.45) is 41.8. The molecule has 0 aliphatic carbocycles. The predicted molar refractivity (Wildman–Crippen MR) is 248 cm³/mol. The van der Waals surface area contributed by atoms with Crippen LogP contribution in [0.25, 0.3) is 12.2 Å². The number of benzene rings is 2. The topological polar surface area (TPSA) is 80.3 Å². The molecule has 0 bridgehead atoms. The summed E-state index contributed by atoms with van der Waals surface area (Å²) in [4.78, 5) is 20.9.